The minimum atomic E-state index is 0.497. The van der Waals surface area contributed by atoms with Crippen LogP contribution in [0.3, 0.4) is 0 Å². The van der Waals surface area contributed by atoms with Gasteiger partial charge in [0.15, 0.2) is 11.6 Å². The van der Waals surface area contributed by atoms with Crippen LogP contribution in [0.4, 0.5) is 11.6 Å². The molecule has 6 nitrogen and oxygen atoms in total. The lowest BCUT2D eigenvalue weighted by molar-refractivity contribution is 0.468. The highest BCUT2D eigenvalue weighted by atomic mass is 15.3. The maximum Gasteiger partial charge on any atom is 0.171 e. The molecular weight excluding hydrogens is 360 g/mol. The molecule has 2 aromatic heterocycles. The van der Waals surface area contributed by atoms with E-state index in [1.54, 1.807) is 0 Å². The largest absolute Gasteiger partial charge is 0.354 e. The third-order valence-corrected chi connectivity index (χ3v) is 6.17. The molecule has 4 heterocycles. The number of piperidine rings is 1. The van der Waals surface area contributed by atoms with Crippen molar-refractivity contribution in [1.82, 2.24) is 19.5 Å². The maximum absolute atomic E-state index is 4.72. The first-order valence-electron chi connectivity index (χ1n) is 10.7. The van der Waals surface area contributed by atoms with Crippen molar-refractivity contribution in [3.63, 3.8) is 0 Å². The SMILES string of the molecule is c1ccc(Cn2ccnc2C2CCN(c3nccnc3N3CCCC3)CC2)cc1. The fourth-order valence-electron chi connectivity index (χ4n) is 4.64. The van der Waals surface area contributed by atoms with E-state index >= 15 is 0 Å². The molecule has 0 saturated carbocycles. The molecule has 6 heteroatoms. The molecule has 0 radical (unpaired) electrons. The van der Waals surface area contributed by atoms with Crippen molar-refractivity contribution >= 4 is 11.6 Å². The van der Waals surface area contributed by atoms with Crippen molar-refractivity contribution in [2.75, 3.05) is 36.0 Å². The van der Waals surface area contributed by atoms with Crippen LogP contribution in [-0.4, -0.2) is 45.7 Å². The Morgan fingerprint density at radius 3 is 2.10 bits per heavy atom. The summed E-state index contributed by atoms with van der Waals surface area (Å²) in [6.07, 6.45) is 12.4. The van der Waals surface area contributed by atoms with Crippen molar-refractivity contribution < 1.29 is 0 Å². The Morgan fingerprint density at radius 2 is 1.41 bits per heavy atom. The summed E-state index contributed by atoms with van der Waals surface area (Å²) < 4.78 is 2.31. The van der Waals surface area contributed by atoms with E-state index in [1.807, 2.05) is 18.6 Å². The van der Waals surface area contributed by atoms with Crippen molar-refractivity contribution in [2.45, 2.75) is 38.1 Å². The predicted molar refractivity (Wildman–Crippen MR) is 115 cm³/mol. The van der Waals surface area contributed by atoms with E-state index in [9.17, 15) is 0 Å². The highest BCUT2D eigenvalue weighted by Gasteiger charge is 2.28. The predicted octanol–water partition coefficient (Wildman–Crippen LogP) is 3.71. The number of imidazole rings is 1. The highest BCUT2D eigenvalue weighted by molar-refractivity contribution is 5.62. The minimum absolute atomic E-state index is 0.497. The Bertz CT molecular complexity index is 923. The van der Waals surface area contributed by atoms with Gasteiger partial charge in [0, 0.05) is 63.4 Å². The van der Waals surface area contributed by atoms with Crippen molar-refractivity contribution in [1.29, 1.82) is 0 Å². The molecule has 2 aliphatic rings. The summed E-state index contributed by atoms with van der Waals surface area (Å²) in [5.41, 5.74) is 1.32. The van der Waals surface area contributed by atoms with E-state index in [2.05, 4.69) is 55.9 Å². The average molecular weight is 389 g/mol. The second-order valence-electron chi connectivity index (χ2n) is 8.06. The van der Waals surface area contributed by atoms with Gasteiger partial charge in [0.05, 0.1) is 0 Å². The van der Waals surface area contributed by atoms with Gasteiger partial charge >= 0.3 is 0 Å². The van der Waals surface area contributed by atoms with Gasteiger partial charge < -0.3 is 14.4 Å². The normalized spacial score (nSPS) is 17.8. The van der Waals surface area contributed by atoms with Crippen LogP contribution in [0.2, 0.25) is 0 Å². The van der Waals surface area contributed by atoms with Gasteiger partial charge in [-0.15, -0.1) is 0 Å². The van der Waals surface area contributed by atoms with Crippen LogP contribution in [0.25, 0.3) is 0 Å². The van der Waals surface area contributed by atoms with Gasteiger partial charge in [-0.1, -0.05) is 30.3 Å². The standard InChI is InChI=1S/C23H28N6/c1-2-6-19(7-3-1)18-29-17-12-26-21(29)20-8-15-28(16-9-20)23-22(24-10-11-25-23)27-13-4-5-14-27/h1-3,6-7,10-12,17,20H,4-5,8-9,13-16,18H2. The van der Waals surface area contributed by atoms with Crippen LogP contribution in [-0.2, 0) is 6.54 Å². The van der Waals surface area contributed by atoms with E-state index < -0.39 is 0 Å². The third kappa shape index (κ3) is 3.84. The summed E-state index contributed by atoms with van der Waals surface area (Å²) in [7, 11) is 0. The zero-order valence-electron chi connectivity index (χ0n) is 16.8. The van der Waals surface area contributed by atoms with E-state index in [0.717, 1.165) is 57.2 Å². The van der Waals surface area contributed by atoms with Crippen LogP contribution in [0, 0.1) is 0 Å². The Labute approximate surface area is 172 Å². The minimum Gasteiger partial charge on any atom is -0.354 e. The molecule has 0 unspecified atom stereocenters. The molecule has 150 valence electrons. The Balaban J connectivity index is 1.28. The molecule has 2 fully saturated rings. The lowest BCUT2D eigenvalue weighted by atomic mass is 9.95. The number of hydrogen-bond donors (Lipinski definition) is 0. The summed E-state index contributed by atoms with van der Waals surface area (Å²) in [5, 5.41) is 0. The molecule has 2 saturated heterocycles. The third-order valence-electron chi connectivity index (χ3n) is 6.17. The number of rotatable bonds is 5. The fraction of sp³-hybridized carbons (Fsp3) is 0.435. The zero-order chi connectivity index (χ0) is 19.5. The molecule has 5 rings (SSSR count). The average Bonchev–Trinajstić information content (AvgIpc) is 3.47. The molecule has 3 aromatic rings. The van der Waals surface area contributed by atoms with E-state index in [4.69, 9.17) is 9.97 Å². The summed E-state index contributed by atoms with van der Waals surface area (Å²) >= 11 is 0. The van der Waals surface area contributed by atoms with Crippen LogP contribution in [0.5, 0.6) is 0 Å². The monoisotopic (exact) mass is 388 g/mol. The van der Waals surface area contributed by atoms with Gasteiger partial charge in [0.1, 0.15) is 5.82 Å². The van der Waals surface area contributed by atoms with Gasteiger partial charge in [0.2, 0.25) is 0 Å². The van der Waals surface area contributed by atoms with E-state index in [1.165, 1.54) is 24.2 Å². The molecule has 0 spiro atoms. The summed E-state index contributed by atoms with van der Waals surface area (Å²) in [5.74, 6) is 3.83. The highest BCUT2D eigenvalue weighted by Crippen LogP contribution is 2.33. The van der Waals surface area contributed by atoms with Gasteiger partial charge in [-0.2, -0.15) is 0 Å². The van der Waals surface area contributed by atoms with Crippen molar-refractivity contribution in [3.05, 3.63) is 66.5 Å². The number of aromatic nitrogens is 4. The molecule has 0 atom stereocenters. The Hall–Kier alpha value is -2.89. The molecule has 29 heavy (non-hydrogen) atoms. The van der Waals surface area contributed by atoms with Gasteiger partial charge in [-0.3, -0.25) is 0 Å². The topological polar surface area (TPSA) is 50.1 Å². The summed E-state index contributed by atoms with van der Waals surface area (Å²) in [4.78, 5) is 18.9. The summed E-state index contributed by atoms with van der Waals surface area (Å²) in [6.45, 7) is 5.09. The number of nitrogens with zero attached hydrogens (tertiary/aromatic N) is 6. The first-order valence-corrected chi connectivity index (χ1v) is 10.7. The van der Waals surface area contributed by atoms with Gasteiger partial charge in [-0.25, -0.2) is 15.0 Å². The zero-order valence-corrected chi connectivity index (χ0v) is 16.8. The van der Waals surface area contributed by atoms with Crippen molar-refractivity contribution in [3.8, 4) is 0 Å². The van der Waals surface area contributed by atoms with Crippen molar-refractivity contribution in [2.24, 2.45) is 0 Å². The molecule has 1 aromatic carbocycles. The van der Waals surface area contributed by atoms with E-state index in [0.29, 0.717) is 5.92 Å². The summed E-state index contributed by atoms with van der Waals surface area (Å²) in [6, 6.07) is 10.6. The number of hydrogen-bond acceptors (Lipinski definition) is 5. The Kier molecular flexibility index (Phi) is 5.15. The lowest BCUT2D eigenvalue weighted by Gasteiger charge is -2.34. The molecule has 0 amide bonds. The second-order valence-corrected chi connectivity index (χ2v) is 8.06. The molecule has 0 bridgehead atoms. The molecule has 2 aliphatic heterocycles. The molecular formula is C23H28N6. The van der Waals surface area contributed by atoms with E-state index in [-0.39, 0.29) is 0 Å². The quantitative estimate of drug-likeness (QED) is 0.667. The lowest BCUT2D eigenvalue weighted by Crippen LogP contribution is -2.36. The Morgan fingerprint density at radius 1 is 0.759 bits per heavy atom. The molecule has 0 aliphatic carbocycles. The van der Waals surface area contributed by atoms with Crippen LogP contribution >= 0.6 is 0 Å². The van der Waals surface area contributed by atoms with Gasteiger partial charge in [-0.05, 0) is 31.2 Å². The molecule has 0 N–H and O–H groups in total. The van der Waals surface area contributed by atoms with Crippen LogP contribution < -0.4 is 9.80 Å². The second kappa shape index (κ2) is 8.23. The smallest absolute Gasteiger partial charge is 0.171 e. The van der Waals surface area contributed by atoms with Crippen LogP contribution in [0.1, 0.15) is 43.0 Å². The number of benzene rings is 1. The van der Waals surface area contributed by atoms with Crippen LogP contribution in [0.15, 0.2) is 55.1 Å². The maximum atomic E-state index is 4.72. The first kappa shape index (κ1) is 18.2. The fourth-order valence-corrected chi connectivity index (χ4v) is 4.64. The van der Waals surface area contributed by atoms with Gasteiger partial charge in [0.25, 0.3) is 0 Å². The first-order chi connectivity index (χ1) is 14.4. The number of anilines is 2.